The van der Waals surface area contributed by atoms with E-state index in [-0.39, 0.29) is 17.9 Å². The molecule has 38 heavy (non-hydrogen) atoms. The van der Waals surface area contributed by atoms with Crippen LogP contribution in [0.2, 0.25) is 0 Å². The summed E-state index contributed by atoms with van der Waals surface area (Å²) in [7, 11) is 1.63. The van der Waals surface area contributed by atoms with Crippen LogP contribution in [0, 0.1) is 13.8 Å². The third-order valence-electron chi connectivity index (χ3n) is 8.17. The zero-order valence-corrected chi connectivity index (χ0v) is 22.4. The number of nitrogens with one attached hydrogen (secondary N) is 2. The van der Waals surface area contributed by atoms with Gasteiger partial charge in [-0.1, -0.05) is 60.7 Å². The summed E-state index contributed by atoms with van der Waals surface area (Å²) in [5, 5.41) is 10.7. The number of benzene rings is 2. The molecule has 1 spiro atoms. The normalized spacial score (nSPS) is 20.5. The Morgan fingerprint density at radius 1 is 1.03 bits per heavy atom. The van der Waals surface area contributed by atoms with Crippen LogP contribution in [0.25, 0.3) is 0 Å². The molecule has 2 N–H and O–H groups in total. The lowest BCUT2D eigenvalue weighted by Crippen LogP contribution is -2.73. The van der Waals surface area contributed by atoms with Crippen molar-refractivity contribution in [3.8, 4) is 0 Å². The van der Waals surface area contributed by atoms with E-state index in [1.54, 1.807) is 7.11 Å². The molecule has 2 aliphatic rings. The summed E-state index contributed by atoms with van der Waals surface area (Å²) in [6, 6.07) is 19.7. The lowest BCUT2D eigenvalue weighted by Gasteiger charge is -2.52. The van der Waals surface area contributed by atoms with Crippen LogP contribution in [0.1, 0.15) is 47.0 Å². The van der Waals surface area contributed by atoms with Crippen molar-refractivity contribution in [2.24, 2.45) is 0 Å². The summed E-state index contributed by atoms with van der Waals surface area (Å²) in [5.74, 6) is -0.0826. The molecule has 200 valence electrons. The Morgan fingerprint density at radius 3 is 2.29 bits per heavy atom. The minimum absolute atomic E-state index is 0.0212. The zero-order chi connectivity index (χ0) is 26.7. The molecular formula is C30H37N5O3. The number of nitrogens with zero attached hydrogens (tertiary/aromatic N) is 3. The molecule has 0 radical (unpaired) electrons. The van der Waals surface area contributed by atoms with Gasteiger partial charge in [0.05, 0.1) is 18.3 Å². The van der Waals surface area contributed by atoms with Gasteiger partial charge in [0.2, 0.25) is 11.8 Å². The van der Waals surface area contributed by atoms with Crippen LogP contribution in [0.3, 0.4) is 0 Å². The van der Waals surface area contributed by atoms with E-state index in [2.05, 4.69) is 51.6 Å². The molecule has 2 aliphatic heterocycles. The number of amides is 2. The van der Waals surface area contributed by atoms with E-state index in [1.165, 1.54) is 11.1 Å². The van der Waals surface area contributed by atoms with Crippen molar-refractivity contribution >= 4 is 11.8 Å². The number of likely N-dealkylation sites (tertiary alicyclic amines) is 1. The SMILES string of the molecule is COCCN1C(=O)C(Cc2ccccc2)NC(=O)C12CCN(C(c1ccccc1)c1c(C)n[nH]c1C)CC2. The molecule has 2 amide bonds. The first-order valence-corrected chi connectivity index (χ1v) is 13.4. The standard InChI is InChI=1S/C30H37N5O3/c1-21-26(22(2)33-32-21)27(24-12-8-5-9-13-24)34-16-14-30(15-17-34)29(37)31-25(20-23-10-6-4-7-11-23)28(36)35(30)18-19-38-3/h4-13,25,27H,14-20H2,1-3H3,(H,31,37)(H,32,33). The Morgan fingerprint density at radius 2 is 1.68 bits per heavy atom. The van der Waals surface area contributed by atoms with Crippen molar-refractivity contribution in [1.29, 1.82) is 0 Å². The first kappa shape index (κ1) is 26.1. The van der Waals surface area contributed by atoms with Gasteiger partial charge in [-0.3, -0.25) is 19.6 Å². The van der Waals surface area contributed by atoms with Crippen LogP contribution < -0.4 is 5.32 Å². The molecule has 1 aromatic heterocycles. The first-order valence-electron chi connectivity index (χ1n) is 13.4. The molecule has 2 aromatic carbocycles. The lowest BCUT2D eigenvalue weighted by atomic mass is 9.80. The molecule has 0 saturated carbocycles. The van der Waals surface area contributed by atoms with Gasteiger partial charge < -0.3 is 15.0 Å². The Hall–Kier alpha value is -3.49. The van der Waals surface area contributed by atoms with Crippen LogP contribution in [0.15, 0.2) is 60.7 Å². The Balaban J connectivity index is 1.41. The van der Waals surface area contributed by atoms with E-state index in [0.29, 0.717) is 45.5 Å². The van der Waals surface area contributed by atoms with Crippen LogP contribution >= 0.6 is 0 Å². The molecule has 8 nitrogen and oxygen atoms in total. The number of carbonyl (C=O) groups excluding carboxylic acids is 2. The summed E-state index contributed by atoms with van der Waals surface area (Å²) < 4.78 is 5.36. The molecule has 3 aromatic rings. The predicted molar refractivity (Wildman–Crippen MR) is 146 cm³/mol. The van der Waals surface area contributed by atoms with Crippen molar-refractivity contribution in [2.45, 2.75) is 50.7 Å². The fourth-order valence-electron chi connectivity index (χ4n) is 6.18. The van der Waals surface area contributed by atoms with Crippen molar-refractivity contribution < 1.29 is 14.3 Å². The fourth-order valence-corrected chi connectivity index (χ4v) is 6.18. The van der Waals surface area contributed by atoms with Gasteiger partial charge in [-0.25, -0.2) is 0 Å². The second-order valence-electron chi connectivity index (χ2n) is 10.4. The number of H-pyrrole nitrogens is 1. The highest BCUT2D eigenvalue weighted by molar-refractivity contribution is 6.00. The molecule has 2 unspecified atom stereocenters. The number of hydrogen-bond donors (Lipinski definition) is 2. The fraction of sp³-hybridized carbons (Fsp3) is 0.433. The van der Waals surface area contributed by atoms with Gasteiger partial charge in [0, 0.05) is 44.4 Å². The maximum atomic E-state index is 13.8. The number of aromatic amines is 1. The van der Waals surface area contributed by atoms with Crippen molar-refractivity contribution in [3.63, 3.8) is 0 Å². The Labute approximate surface area is 224 Å². The van der Waals surface area contributed by atoms with E-state index in [0.717, 1.165) is 17.0 Å². The minimum atomic E-state index is -0.874. The quantitative estimate of drug-likeness (QED) is 0.481. The topological polar surface area (TPSA) is 90.6 Å². The van der Waals surface area contributed by atoms with Gasteiger partial charge in [0.25, 0.3) is 0 Å². The highest BCUT2D eigenvalue weighted by Crippen LogP contribution is 2.39. The molecule has 0 bridgehead atoms. The minimum Gasteiger partial charge on any atom is -0.383 e. The number of piperidine rings is 1. The molecular weight excluding hydrogens is 478 g/mol. The van der Waals surface area contributed by atoms with Crippen LogP contribution in [0.4, 0.5) is 0 Å². The predicted octanol–water partition coefficient (Wildman–Crippen LogP) is 3.17. The highest BCUT2D eigenvalue weighted by Gasteiger charge is 2.54. The first-order chi connectivity index (χ1) is 18.4. The van der Waals surface area contributed by atoms with Gasteiger partial charge in [-0.2, -0.15) is 5.10 Å². The summed E-state index contributed by atoms with van der Waals surface area (Å²) in [4.78, 5) is 31.8. The highest BCUT2D eigenvalue weighted by atomic mass is 16.5. The van der Waals surface area contributed by atoms with Crippen molar-refractivity contribution in [2.75, 3.05) is 33.4 Å². The summed E-state index contributed by atoms with van der Waals surface area (Å²) in [6.45, 7) is 6.24. The average Bonchev–Trinajstić information content (AvgIpc) is 3.27. The second-order valence-corrected chi connectivity index (χ2v) is 10.4. The van der Waals surface area contributed by atoms with Crippen molar-refractivity contribution in [1.82, 2.24) is 25.3 Å². The monoisotopic (exact) mass is 515 g/mol. The van der Waals surface area contributed by atoms with E-state index >= 15 is 0 Å². The Kier molecular flexibility index (Phi) is 7.63. The number of piperazine rings is 1. The van der Waals surface area contributed by atoms with Gasteiger partial charge in [0.1, 0.15) is 11.6 Å². The number of methoxy groups -OCH3 is 1. The van der Waals surface area contributed by atoms with E-state index < -0.39 is 11.6 Å². The van der Waals surface area contributed by atoms with E-state index in [9.17, 15) is 9.59 Å². The summed E-state index contributed by atoms with van der Waals surface area (Å²) >= 11 is 0. The van der Waals surface area contributed by atoms with Gasteiger partial charge >= 0.3 is 0 Å². The molecule has 5 rings (SSSR count). The second kappa shape index (κ2) is 11.1. The average molecular weight is 516 g/mol. The van der Waals surface area contributed by atoms with Crippen LogP contribution in [0.5, 0.6) is 0 Å². The van der Waals surface area contributed by atoms with Crippen molar-refractivity contribution in [3.05, 3.63) is 88.7 Å². The number of aryl methyl sites for hydroxylation is 2. The Bertz CT molecular complexity index is 1230. The molecule has 2 fully saturated rings. The lowest BCUT2D eigenvalue weighted by molar-refractivity contribution is -0.162. The van der Waals surface area contributed by atoms with Gasteiger partial charge in [0.15, 0.2) is 0 Å². The zero-order valence-electron chi connectivity index (χ0n) is 22.4. The molecule has 8 heteroatoms. The maximum Gasteiger partial charge on any atom is 0.246 e. The number of aromatic nitrogens is 2. The number of carbonyl (C=O) groups is 2. The molecule has 2 atom stereocenters. The van der Waals surface area contributed by atoms with Crippen LogP contribution in [-0.4, -0.2) is 76.7 Å². The third-order valence-corrected chi connectivity index (χ3v) is 8.17. The number of ether oxygens (including phenoxy) is 1. The van der Waals surface area contributed by atoms with Gasteiger partial charge in [-0.15, -0.1) is 0 Å². The summed E-state index contributed by atoms with van der Waals surface area (Å²) in [5.41, 5.74) is 4.55. The third kappa shape index (κ3) is 4.86. The largest absolute Gasteiger partial charge is 0.383 e. The molecule has 3 heterocycles. The van der Waals surface area contributed by atoms with E-state index in [4.69, 9.17) is 4.74 Å². The number of hydrogen-bond acceptors (Lipinski definition) is 5. The van der Waals surface area contributed by atoms with E-state index in [1.807, 2.05) is 48.2 Å². The molecule has 0 aliphatic carbocycles. The van der Waals surface area contributed by atoms with Crippen LogP contribution in [-0.2, 0) is 20.7 Å². The molecule has 2 saturated heterocycles. The smallest absolute Gasteiger partial charge is 0.246 e. The maximum absolute atomic E-state index is 13.8. The summed E-state index contributed by atoms with van der Waals surface area (Å²) in [6.07, 6.45) is 1.60. The number of rotatable bonds is 8. The van der Waals surface area contributed by atoms with Gasteiger partial charge in [-0.05, 0) is 37.8 Å².